The van der Waals surface area contributed by atoms with E-state index in [0.717, 1.165) is 15.5 Å². The molecule has 0 aliphatic carbocycles. The Balaban J connectivity index is 1.46. The summed E-state index contributed by atoms with van der Waals surface area (Å²) in [6, 6.07) is 18.9. The molecule has 0 radical (unpaired) electrons. The van der Waals surface area contributed by atoms with Crippen LogP contribution in [0.4, 0.5) is 9.93 Å². The Bertz CT molecular complexity index is 905. The highest BCUT2D eigenvalue weighted by molar-refractivity contribution is 8.00. The first kappa shape index (κ1) is 17.9. The van der Waals surface area contributed by atoms with Crippen molar-refractivity contribution in [3.8, 4) is 6.07 Å². The van der Waals surface area contributed by atoms with Crippen LogP contribution in [0.2, 0.25) is 0 Å². The van der Waals surface area contributed by atoms with Gasteiger partial charge in [0, 0.05) is 5.75 Å². The fourth-order valence-electron chi connectivity index (χ4n) is 1.99. The zero-order valence-corrected chi connectivity index (χ0v) is 15.2. The molecule has 0 saturated carbocycles. The van der Waals surface area contributed by atoms with Crippen LogP contribution < -0.4 is 5.32 Å². The van der Waals surface area contributed by atoms with Gasteiger partial charge in [0.2, 0.25) is 5.13 Å². The molecule has 0 aliphatic rings. The second-order valence-electron chi connectivity index (χ2n) is 5.16. The third kappa shape index (κ3) is 5.31. The van der Waals surface area contributed by atoms with E-state index < -0.39 is 6.09 Å². The molecule has 0 atom stereocenters. The number of carbonyl (C=O) groups is 1. The molecule has 2 aromatic carbocycles. The summed E-state index contributed by atoms with van der Waals surface area (Å²) in [5.74, 6) is 0.707. The molecule has 0 unspecified atom stereocenters. The molecule has 3 aromatic rings. The van der Waals surface area contributed by atoms with Gasteiger partial charge in [0.25, 0.3) is 0 Å². The minimum atomic E-state index is -0.561. The second-order valence-corrected chi connectivity index (χ2v) is 7.36. The van der Waals surface area contributed by atoms with Crippen molar-refractivity contribution in [2.75, 3.05) is 5.32 Å². The van der Waals surface area contributed by atoms with Gasteiger partial charge in [-0.15, -0.1) is 10.2 Å². The van der Waals surface area contributed by atoms with E-state index in [1.54, 1.807) is 12.1 Å². The molecule has 0 saturated heterocycles. The molecule has 1 amide bonds. The molecular weight excluding hydrogens is 368 g/mol. The van der Waals surface area contributed by atoms with Gasteiger partial charge in [-0.1, -0.05) is 65.6 Å². The predicted molar refractivity (Wildman–Crippen MR) is 101 cm³/mol. The van der Waals surface area contributed by atoms with E-state index in [2.05, 4.69) is 21.6 Å². The van der Waals surface area contributed by atoms with Gasteiger partial charge in [-0.25, -0.2) is 4.79 Å². The normalized spacial score (nSPS) is 10.1. The lowest BCUT2D eigenvalue weighted by Crippen LogP contribution is -2.13. The summed E-state index contributed by atoms with van der Waals surface area (Å²) in [6.07, 6.45) is -0.561. The van der Waals surface area contributed by atoms with Gasteiger partial charge in [-0.05, 0) is 23.3 Å². The Morgan fingerprint density at radius 1 is 1.12 bits per heavy atom. The number of nitrogens with zero attached hydrogens (tertiary/aromatic N) is 3. The first-order chi connectivity index (χ1) is 12.7. The molecule has 1 aromatic heterocycles. The molecule has 26 heavy (non-hydrogen) atoms. The number of rotatable bonds is 6. The van der Waals surface area contributed by atoms with Crippen LogP contribution in [0.3, 0.4) is 0 Å². The van der Waals surface area contributed by atoms with Gasteiger partial charge < -0.3 is 4.74 Å². The summed E-state index contributed by atoms with van der Waals surface area (Å²) in [7, 11) is 0. The van der Waals surface area contributed by atoms with Crippen LogP contribution in [-0.4, -0.2) is 16.3 Å². The van der Waals surface area contributed by atoms with E-state index >= 15 is 0 Å². The quantitative estimate of drug-likeness (QED) is 0.500. The third-order valence-electron chi connectivity index (χ3n) is 3.27. The zero-order chi connectivity index (χ0) is 18.2. The molecule has 1 N–H and O–H groups in total. The zero-order valence-electron chi connectivity index (χ0n) is 13.6. The number of benzene rings is 2. The maximum atomic E-state index is 11.8. The van der Waals surface area contributed by atoms with E-state index in [0.29, 0.717) is 16.4 Å². The Hall–Kier alpha value is -2.89. The fourth-order valence-corrected chi connectivity index (χ4v) is 3.68. The van der Waals surface area contributed by atoms with Gasteiger partial charge in [0.1, 0.15) is 6.61 Å². The molecule has 3 rings (SSSR count). The minimum absolute atomic E-state index is 0.200. The molecule has 0 fully saturated rings. The number of thioether (sulfide) groups is 1. The fraction of sp³-hybridized carbons (Fsp3) is 0.111. The highest BCUT2D eigenvalue weighted by Crippen LogP contribution is 2.28. The topological polar surface area (TPSA) is 87.9 Å². The van der Waals surface area contributed by atoms with Crippen LogP contribution in [0.25, 0.3) is 0 Å². The van der Waals surface area contributed by atoms with Crippen molar-refractivity contribution in [2.24, 2.45) is 0 Å². The number of amides is 1. The second kappa shape index (κ2) is 8.99. The number of hydrogen-bond donors (Lipinski definition) is 1. The van der Waals surface area contributed by atoms with Gasteiger partial charge >= 0.3 is 6.09 Å². The summed E-state index contributed by atoms with van der Waals surface area (Å²) in [4.78, 5) is 11.8. The molecule has 0 bridgehead atoms. The van der Waals surface area contributed by atoms with Gasteiger partial charge in [-0.2, -0.15) is 5.26 Å². The maximum absolute atomic E-state index is 11.8. The molecule has 0 aliphatic heterocycles. The lowest BCUT2D eigenvalue weighted by Gasteiger charge is -2.04. The monoisotopic (exact) mass is 382 g/mol. The van der Waals surface area contributed by atoms with Crippen molar-refractivity contribution in [1.29, 1.82) is 5.26 Å². The first-order valence-electron chi connectivity index (χ1n) is 7.66. The Labute approximate surface area is 158 Å². The van der Waals surface area contributed by atoms with Crippen LogP contribution in [0, 0.1) is 11.3 Å². The molecular formula is C18H14N4O2S2. The van der Waals surface area contributed by atoms with Crippen LogP contribution in [-0.2, 0) is 17.1 Å². The highest BCUT2D eigenvalue weighted by atomic mass is 32.2. The highest BCUT2D eigenvalue weighted by Gasteiger charge is 2.10. The summed E-state index contributed by atoms with van der Waals surface area (Å²) < 4.78 is 5.89. The van der Waals surface area contributed by atoms with Gasteiger partial charge in [0.05, 0.1) is 11.6 Å². The van der Waals surface area contributed by atoms with E-state index in [4.69, 9.17) is 10.00 Å². The van der Waals surface area contributed by atoms with Crippen molar-refractivity contribution < 1.29 is 9.53 Å². The summed E-state index contributed by atoms with van der Waals surface area (Å²) in [5, 5.41) is 19.8. The number of ether oxygens (including phenoxy) is 1. The molecule has 1 heterocycles. The van der Waals surface area contributed by atoms with E-state index in [9.17, 15) is 4.79 Å². The smallest absolute Gasteiger partial charge is 0.413 e. The van der Waals surface area contributed by atoms with Crippen LogP contribution in [0.15, 0.2) is 58.9 Å². The minimum Gasteiger partial charge on any atom is -0.444 e. The standard InChI is InChI=1S/C18H14N4O2S2/c19-10-13-6-8-15(9-7-13)12-25-18-22-21-16(26-18)20-17(23)24-11-14-4-2-1-3-5-14/h1-9H,11-12H2,(H,20,21,23). The van der Waals surface area contributed by atoms with Crippen LogP contribution >= 0.6 is 23.1 Å². The van der Waals surface area contributed by atoms with Crippen LogP contribution in [0.5, 0.6) is 0 Å². The summed E-state index contributed by atoms with van der Waals surface area (Å²) in [6.45, 7) is 0.200. The number of nitriles is 1. The average Bonchev–Trinajstić information content (AvgIpc) is 3.13. The lowest BCUT2D eigenvalue weighted by atomic mass is 10.2. The van der Waals surface area contributed by atoms with Crippen molar-refractivity contribution in [2.45, 2.75) is 16.7 Å². The molecule has 6 nitrogen and oxygen atoms in total. The first-order valence-corrected chi connectivity index (χ1v) is 9.46. The van der Waals surface area contributed by atoms with Crippen molar-refractivity contribution in [1.82, 2.24) is 10.2 Å². The number of nitrogens with one attached hydrogen (secondary N) is 1. The largest absolute Gasteiger partial charge is 0.444 e. The summed E-state index contributed by atoms with van der Waals surface area (Å²) >= 11 is 2.80. The van der Waals surface area contributed by atoms with Crippen molar-refractivity contribution >= 4 is 34.3 Å². The van der Waals surface area contributed by atoms with Gasteiger partial charge in [-0.3, -0.25) is 5.32 Å². The van der Waals surface area contributed by atoms with E-state index in [-0.39, 0.29) is 6.61 Å². The van der Waals surface area contributed by atoms with Crippen LogP contribution in [0.1, 0.15) is 16.7 Å². The average molecular weight is 382 g/mol. The van der Waals surface area contributed by atoms with Gasteiger partial charge in [0.15, 0.2) is 4.34 Å². The van der Waals surface area contributed by atoms with Crippen molar-refractivity contribution in [3.05, 3.63) is 71.3 Å². The number of carbonyl (C=O) groups excluding carboxylic acids is 1. The third-order valence-corrected chi connectivity index (χ3v) is 5.32. The molecule has 130 valence electrons. The number of hydrogen-bond acceptors (Lipinski definition) is 7. The van der Waals surface area contributed by atoms with E-state index in [1.807, 2.05) is 42.5 Å². The number of aromatic nitrogens is 2. The van der Waals surface area contributed by atoms with Crippen molar-refractivity contribution in [3.63, 3.8) is 0 Å². The predicted octanol–water partition coefficient (Wildman–Crippen LogP) is 4.45. The Morgan fingerprint density at radius 2 is 1.88 bits per heavy atom. The van der Waals surface area contributed by atoms with E-state index in [1.165, 1.54) is 23.1 Å². The lowest BCUT2D eigenvalue weighted by molar-refractivity contribution is 0.155. The Kier molecular flexibility index (Phi) is 6.19. The Morgan fingerprint density at radius 3 is 2.62 bits per heavy atom. The molecule has 8 heteroatoms. The SMILES string of the molecule is N#Cc1ccc(CSc2nnc(NC(=O)OCc3ccccc3)s2)cc1. The molecule has 0 spiro atoms. The number of anilines is 1. The maximum Gasteiger partial charge on any atom is 0.413 e. The summed E-state index contributed by atoms with van der Waals surface area (Å²) in [5.41, 5.74) is 2.63.